The van der Waals surface area contributed by atoms with Crippen LogP contribution in [-0.4, -0.2) is 182 Å². The predicted molar refractivity (Wildman–Crippen MR) is 198 cm³/mol. The molecule has 0 radical (unpaired) electrons. The van der Waals surface area contributed by atoms with Crippen LogP contribution in [0.15, 0.2) is 0 Å². The summed E-state index contributed by atoms with van der Waals surface area (Å²) in [7, 11) is -0.583. The van der Waals surface area contributed by atoms with Crippen LogP contribution in [0.5, 0.6) is 0 Å². The van der Waals surface area contributed by atoms with Gasteiger partial charge in [-0.2, -0.15) is 0 Å². The number of carbonyl (C=O) groups excluding carboxylic acids is 2. The number of aliphatic hydroxyl groups excluding tert-OH is 5. The molecule has 0 aliphatic carbocycles. The summed E-state index contributed by atoms with van der Waals surface area (Å²) in [6.07, 6.45) is 7.86. The van der Waals surface area contributed by atoms with Crippen molar-refractivity contribution >= 4 is 21.6 Å². The summed E-state index contributed by atoms with van der Waals surface area (Å²) < 4.78 is 64.9. The van der Waals surface area contributed by atoms with Crippen LogP contribution in [0.2, 0.25) is 0 Å². The maximum absolute atomic E-state index is 8.81. The topological polar surface area (TPSA) is 248 Å². The standard InChI is InChI=1S/2C8H16O4.C6H12O3.C5H10O2.C3H8O2.2C2H4O.HOP/c2*9-3-7-10-6-2-8-11-4-1-5-12-8;7-3-2-6-8-4-1-5-9-6;1-5-6-3-2-4-7-5;4-2-1-3-5;2*1-2-3;1-2/h2*8-9H,1-7H2;6-7H,1-5H2;5H,2-4H2,1H3;4-5H,1-3H2;2*2H,1H3;2H/p+3/i;;;;;;;2D. The molecule has 4 heterocycles. The first kappa shape index (κ1) is 56.2. The summed E-state index contributed by atoms with van der Waals surface area (Å²) in [4.78, 5) is 17.6. The van der Waals surface area contributed by atoms with Crippen LogP contribution in [0.4, 0.5) is 0 Å². The molecule has 4 saturated heterocycles. The Kier molecular flexibility index (Phi) is 58.5. The fraction of sp³-hybridized carbons (Fsp3) is 0.941. The summed E-state index contributed by atoms with van der Waals surface area (Å²) in [5.74, 6) is 0. The lowest BCUT2D eigenvalue weighted by molar-refractivity contribution is -0.196. The second kappa shape index (κ2) is 55.2. The van der Waals surface area contributed by atoms with E-state index in [1.165, 1.54) is 13.8 Å². The second-order valence-electron chi connectivity index (χ2n) is 10.3. The SMILES string of the molecule is CC1OCCCO1.CC=O.CC=O.OCCC1OCCCO1.OCCCO.OCCOCCC1OCCCO1.OCC[OH+]CCC1OCCCO1.[2H]P=O.[H+].[H+]. The summed E-state index contributed by atoms with van der Waals surface area (Å²) in [6, 6.07) is 0. The number of rotatable bonds is 14. The molecule has 320 valence electrons. The second-order valence-corrected chi connectivity index (χ2v) is 10.3. The van der Waals surface area contributed by atoms with Crippen LogP contribution in [-0.2, 0) is 56.8 Å². The van der Waals surface area contributed by atoms with E-state index in [1.807, 2.05) is 6.92 Å². The van der Waals surface area contributed by atoms with E-state index < -0.39 is 9.06 Å². The highest BCUT2D eigenvalue weighted by Crippen LogP contribution is 2.09. The lowest BCUT2D eigenvalue weighted by Crippen LogP contribution is -2.26. The van der Waals surface area contributed by atoms with E-state index in [9.17, 15) is 0 Å². The Morgan fingerprint density at radius 2 is 1.00 bits per heavy atom. The van der Waals surface area contributed by atoms with Crippen molar-refractivity contribution in [2.45, 2.75) is 97.3 Å². The first-order chi connectivity index (χ1) is 26.3. The predicted octanol–water partition coefficient (Wildman–Crippen LogP) is 1.18. The third-order valence-corrected chi connectivity index (χ3v) is 5.88. The van der Waals surface area contributed by atoms with E-state index in [-0.39, 0.29) is 61.0 Å². The molecule has 4 aliphatic heterocycles. The van der Waals surface area contributed by atoms with Gasteiger partial charge in [0.15, 0.2) is 31.8 Å². The summed E-state index contributed by atoms with van der Waals surface area (Å²) in [6.45, 7) is 14.0. The molecule has 4 fully saturated rings. The molecule has 0 bridgehead atoms. The molecule has 4 rings (SSSR count). The average molecular weight is 803 g/mol. The molecular weight excluding hydrogens is 727 g/mol. The lowest BCUT2D eigenvalue weighted by Gasteiger charge is -2.22. The molecule has 19 heteroatoms. The van der Waals surface area contributed by atoms with Gasteiger partial charge in [-0.3, -0.25) is 4.57 Å². The molecule has 0 amide bonds. The molecule has 0 saturated carbocycles. The van der Waals surface area contributed by atoms with Gasteiger partial charge >= 0.3 is 2.85 Å². The molecule has 18 nitrogen and oxygen atoms in total. The highest BCUT2D eigenvalue weighted by Gasteiger charge is 2.15. The van der Waals surface area contributed by atoms with Gasteiger partial charge in [0.05, 0.1) is 79.1 Å². The Labute approximate surface area is 322 Å². The summed E-state index contributed by atoms with van der Waals surface area (Å²) in [5, 5.41) is 41.1. The van der Waals surface area contributed by atoms with Crippen LogP contribution in [0.3, 0.4) is 0 Å². The van der Waals surface area contributed by atoms with Crippen LogP contribution < -0.4 is 0 Å². The average Bonchev–Trinajstić information content (AvgIpc) is 3.19. The summed E-state index contributed by atoms with van der Waals surface area (Å²) >= 11 is 0. The highest BCUT2D eigenvalue weighted by atomic mass is 31.0. The number of aldehydes is 2. The van der Waals surface area contributed by atoms with Gasteiger partial charge in [-0.05, 0) is 52.9 Å². The van der Waals surface area contributed by atoms with Crippen molar-refractivity contribution in [3.63, 3.8) is 0 Å². The van der Waals surface area contributed by atoms with Crippen LogP contribution >= 0.6 is 9.06 Å². The van der Waals surface area contributed by atoms with Crippen LogP contribution in [0, 0.1) is 0 Å². The quantitative estimate of drug-likeness (QED) is 0.0716. The molecule has 0 spiro atoms. The zero-order chi connectivity index (χ0) is 41.2. The van der Waals surface area contributed by atoms with Gasteiger partial charge in [-0.1, -0.05) is 0 Å². The zero-order valence-corrected chi connectivity index (χ0v) is 33.1. The Hall–Kier alpha value is -1.16. The van der Waals surface area contributed by atoms with Crippen LogP contribution in [0.1, 0.15) is 75.0 Å². The van der Waals surface area contributed by atoms with E-state index in [2.05, 4.69) is 4.74 Å². The van der Waals surface area contributed by atoms with E-state index >= 15 is 0 Å². The van der Waals surface area contributed by atoms with Gasteiger partial charge < -0.3 is 82.5 Å². The van der Waals surface area contributed by atoms with Crippen LogP contribution in [0.25, 0.3) is 0 Å². The Morgan fingerprint density at radius 3 is 1.30 bits per heavy atom. The van der Waals surface area contributed by atoms with Crippen molar-refractivity contribution in [3.8, 4) is 0 Å². The van der Waals surface area contributed by atoms with E-state index in [0.717, 1.165) is 104 Å². The minimum Gasteiger partial charge on any atom is -0.432 e. The fourth-order valence-electron chi connectivity index (χ4n) is 3.62. The van der Waals surface area contributed by atoms with E-state index in [0.29, 0.717) is 39.3 Å². The number of carbonyl (C=O) groups is 2. The number of ether oxygens (including phenoxy) is 10. The molecule has 0 aromatic rings. The minimum absolute atomic E-state index is 0. The van der Waals surface area contributed by atoms with Crippen molar-refractivity contribution in [2.75, 3.05) is 112 Å². The molecular formula is C34H74O18P+3. The highest BCUT2D eigenvalue weighted by molar-refractivity contribution is 7.00. The maximum Gasteiger partial charge on any atom is 1.00 e. The number of aliphatic hydroxyl groups is 7. The maximum atomic E-state index is 8.81. The first-order valence-electron chi connectivity index (χ1n) is 18.5. The van der Waals surface area contributed by atoms with E-state index in [4.69, 9.17) is 83.6 Å². The van der Waals surface area contributed by atoms with Gasteiger partial charge in [-0.15, -0.1) is 0 Å². The van der Waals surface area contributed by atoms with Crippen molar-refractivity contribution in [3.05, 3.63) is 0 Å². The molecule has 0 unspecified atom stereocenters. The minimum atomic E-state index is -0.583. The van der Waals surface area contributed by atoms with Gasteiger partial charge in [0.1, 0.15) is 36.1 Å². The molecule has 4 aliphatic rings. The van der Waals surface area contributed by atoms with Crippen molar-refractivity contribution in [2.24, 2.45) is 0 Å². The molecule has 0 atom stereocenters. The van der Waals surface area contributed by atoms with Gasteiger partial charge in [0.2, 0.25) is 0 Å². The van der Waals surface area contributed by atoms with Crippen molar-refractivity contribution in [1.29, 1.82) is 1.28 Å². The Bertz CT molecular complexity index is 648. The van der Waals surface area contributed by atoms with Gasteiger partial charge in [-0.25, -0.2) is 0 Å². The first-order valence-corrected chi connectivity index (χ1v) is 18.5. The molecule has 0 aromatic heterocycles. The molecule has 0 aromatic carbocycles. The normalized spacial score (nSPS) is 17.8. The number of hydrogen-bond acceptors (Lipinski definition) is 17. The number of hydrogen-bond donors (Lipinski definition) is 5. The summed E-state index contributed by atoms with van der Waals surface area (Å²) in [5.41, 5.74) is 0. The largest absolute Gasteiger partial charge is 1.00 e. The van der Waals surface area contributed by atoms with Gasteiger partial charge in [0.25, 0.3) is 0 Å². The third-order valence-electron chi connectivity index (χ3n) is 5.88. The third kappa shape index (κ3) is 53.0. The fourth-order valence-corrected chi connectivity index (χ4v) is 3.62. The smallest absolute Gasteiger partial charge is 0.432 e. The van der Waals surface area contributed by atoms with Gasteiger partial charge in [0, 0.05) is 32.7 Å². The zero-order valence-electron chi connectivity index (χ0n) is 35.2. The van der Waals surface area contributed by atoms with E-state index in [1.54, 1.807) is 0 Å². The lowest BCUT2D eigenvalue weighted by atomic mass is 10.4. The monoisotopic (exact) mass is 802 g/mol. The Morgan fingerprint density at radius 1 is 0.623 bits per heavy atom. The van der Waals surface area contributed by atoms with Crippen molar-refractivity contribution in [1.82, 2.24) is 0 Å². The molecule has 6 N–H and O–H groups in total. The molecule has 53 heavy (non-hydrogen) atoms. The van der Waals surface area contributed by atoms with Crippen molar-refractivity contribution < 1.29 is 89.9 Å². The Balaban J connectivity index is -0.000000134.